The summed E-state index contributed by atoms with van der Waals surface area (Å²) in [5.41, 5.74) is 6.02. The van der Waals surface area contributed by atoms with E-state index in [1.54, 1.807) is 30.5 Å². The van der Waals surface area contributed by atoms with Crippen LogP contribution in [0.25, 0.3) is 0 Å². The quantitative estimate of drug-likeness (QED) is 0.647. The number of pyridine rings is 1. The van der Waals surface area contributed by atoms with Crippen molar-refractivity contribution in [1.29, 1.82) is 5.41 Å². The molecule has 3 nitrogen and oxygen atoms in total. The molecular weight excluding hydrogens is 237 g/mol. The lowest BCUT2D eigenvalue weighted by atomic mass is 10.2. The summed E-state index contributed by atoms with van der Waals surface area (Å²) in [4.78, 5) is 5.05. The van der Waals surface area contributed by atoms with Gasteiger partial charge in [-0.15, -0.1) is 0 Å². The lowest BCUT2D eigenvalue weighted by Crippen LogP contribution is -2.10. The van der Waals surface area contributed by atoms with Crippen molar-refractivity contribution >= 4 is 17.6 Å². The summed E-state index contributed by atoms with van der Waals surface area (Å²) < 4.78 is 12.7. The molecule has 5 heteroatoms. The van der Waals surface area contributed by atoms with Gasteiger partial charge in [-0.05, 0) is 36.4 Å². The molecule has 1 aromatic heterocycles. The number of nitrogen functional groups attached to an aromatic ring is 1. The van der Waals surface area contributed by atoms with E-state index in [0.717, 1.165) is 9.92 Å². The molecule has 2 rings (SSSR count). The number of halogens is 1. The van der Waals surface area contributed by atoms with Gasteiger partial charge in [-0.25, -0.2) is 9.37 Å². The number of benzene rings is 1. The lowest BCUT2D eigenvalue weighted by Gasteiger charge is -2.03. The molecule has 0 unspecified atom stereocenters. The number of amidine groups is 1. The Hall–Kier alpha value is -1.88. The SMILES string of the molecule is N=C(N)c1ccnc(Sc2ccc(F)cc2)c1. The van der Waals surface area contributed by atoms with Crippen LogP contribution in [0.4, 0.5) is 4.39 Å². The van der Waals surface area contributed by atoms with Crippen molar-refractivity contribution < 1.29 is 4.39 Å². The van der Waals surface area contributed by atoms with Crippen LogP contribution in [-0.4, -0.2) is 10.8 Å². The van der Waals surface area contributed by atoms with E-state index in [1.807, 2.05) is 0 Å². The van der Waals surface area contributed by atoms with Crippen LogP contribution in [0.3, 0.4) is 0 Å². The Morgan fingerprint density at radius 2 is 1.94 bits per heavy atom. The van der Waals surface area contributed by atoms with Gasteiger partial charge >= 0.3 is 0 Å². The van der Waals surface area contributed by atoms with Crippen LogP contribution >= 0.6 is 11.8 Å². The molecule has 1 heterocycles. The molecule has 0 saturated heterocycles. The molecule has 3 N–H and O–H groups in total. The molecule has 17 heavy (non-hydrogen) atoms. The van der Waals surface area contributed by atoms with Gasteiger partial charge in [-0.2, -0.15) is 0 Å². The molecule has 86 valence electrons. The van der Waals surface area contributed by atoms with Gasteiger partial charge in [0.1, 0.15) is 16.7 Å². The molecule has 0 saturated carbocycles. The van der Waals surface area contributed by atoms with E-state index in [-0.39, 0.29) is 11.7 Å². The van der Waals surface area contributed by atoms with Gasteiger partial charge in [0.05, 0.1) is 0 Å². The first kappa shape index (κ1) is 11.6. The summed E-state index contributed by atoms with van der Waals surface area (Å²) in [5, 5.41) is 8.06. The number of hydrogen-bond donors (Lipinski definition) is 2. The average Bonchev–Trinajstić information content (AvgIpc) is 2.32. The predicted octanol–water partition coefficient (Wildman–Crippen LogP) is 2.66. The van der Waals surface area contributed by atoms with E-state index in [4.69, 9.17) is 11.1 Å². The van der Waals surface area contributed by atoms with E-state index in [2.05, 4.69) is 4.98 Å². The second kappa shape index (κ2) is 4.97. The fourth-order valence-electron chi connectivity index (χ4n) is 1.26. The first-order valence-electron chi connectivity index (χ1n) is 4.89. The zero-order chi connectivity index (χ0) is 12.3. The van der Waals surface area contributed by atoms with Gasteiger partial charge in [-0.3, -0.25) is 5.41 Å². The van der Waals surface area contributed by atoms with E-state index in [9.17, 15) is 4.39 Å². The van der Waals surface area contributed by atoms with Crippen molar-refractivity contribution in [3.63, 3.8) is 0 Å². The maximum atomic E-state index is 12.7. The van der Waals surface area contributed by atoms with Gasteiger partial charge in [0.25, 0.3) is 0 Å². The molecule has 2 aromatic rings. The minimum Gasteiger partial charge on any atom is -0.384 e. The highest BCUT2D eigenvalue weighted by Crippen LogP contribution is 2.26. The van der Waals surface area contributed by atoms with Crippen LogP contribution in [-0.2, 0) is 0 Å². The number of nitrogens with zero attached hydrogens (tertiary/aromatic N) is 1. The van der Waals surface area contributed by atoms with E-state index >= 15 is 0 Å². The Bertz CT molecular complexity index is 540. The zero-order valence-corrected chi connectivity index (χ0v) is 9.67. The fourth-order valence-corrected chi connectivity index (χ4v) is 2.07. The minimum atomic E-state index is -0.264. The highest BCUT2D eigenvalue weighted by molar-refractivity contribution is 7.99. The standard InChI is InChI=1S/C12H10FN3S/c13-9-1-3-10(4-2-9)17-11-7-8(12(14)15)5-6-16-11/h1-7H,(H3,14,15). The molecule has 0 spiro atoms. The number of hydrogen-bond acceptors (Lipinski definition) is 3. The third kappa shape index (κ3) is 3.04. The first-order valence-corrected chi connectivity index (χ1v) is 5.70. The lowest BCUT2D eigenvalue weighted by molar-refractivity contribution is 0.626. The summed E-state index contributed by atoms with van der Waals surface area (Å²) in [6.45, 7) is 0. The highest BCUT2D eigenvalue weighted by atomic mass is 32.2. The Balaban J connectivity index is 2.21. The Morgan fingerprint density at radius 1 is 1.24 bits per heavy atom. The van der Waals surface area contributed by atoms with Crippen molar-refractivity contribution in [3.8, 4) is 0 Å². The molecule has 0 atom stereocenters. The number of nitrogens with one attached hydrogen (secondary N) is 1. The summed E-state index contributed by atoms with van der Waals surface area (Å²) in [6.07, 6.45) is 1.60. The second-order valence-corrected chi connectivity index (χ2v) is 4.45. The highest BCUT2D eigenvalue weighted by Gasteiger charge is 2.02. The van der Waals surface area contributed by atoms with E-state index in [0.29, 0.717) is 5.56 Å². The van der Waals surface area contributed by atoms with Crippen molar-refractivity contribution in [2.45, 2.75) is 9.92 Å². The van der Waals surface area contributed by atoms with Crippen LogP contribution < -0.4 is 5.73 Å². The zero-order valence-electron chi connectivity index (χ0n) is 8.85. The largest absolute Gasteiger partial charge is 0.384 e. The maximum Gasteiger partial charge on any atom is 0.123 e. The fraction of sp³-hybridized carbons (Fsp3) is 0. The van der Waals surface area contributed by atoms with Gasteiger partial charge in [0, 0.05) is 16.7 Å². The number of rotatable bonds is 3. The van der Waals surface area contributed by atoms with Crippen LogP contribution in [0.1, 0.15) is 5.56 Å². The third-order valence-corrected chi connectivity index (χ3v) is 3.02. The number of aromatic nitrogens is 1. The van der Waals surface area contributed by atoms with E-state index in [1.165, 1.54) is 23.9 Å². The third-order valence-electron chi connectivity index (χ3n) is 2.08. The molecular formula is C12H10FN3S. The van der Waals surface area contributed by atoms with Crippen molar-refractivity contribution in [2.75, 3.05) is 0 Å². The van der Waals surface area contributed by atoms with E-state index < -0.39 is 0 Å². The Labute approximate surface area is 102 Å². The van der Waals surface area contributed by atoms with Crippen LogP contribution in [0.5, 0.6) is 0 Å². The molecule has 0 aliphatic heterocycles. The first-order chi connectivity index (χ1) is 8.15. The second-order valence-electron chi connectivity index (χ2n) is 3.35. The molecule has 1 aromatic carbocycles. The van der Waals surface area contributed by atoms with Crippen molar-refractivity contribution in [2.24, 2.45) is 5.73 Å². The van der Waals surface area contributed by atoms with Crippen LogP contribution in [0.2, 0.25) is 0 Å². The smallest absolute Gasteiger partial charge is 0.123 e. The summed E-state index contributed by atoms with van der Waals surface area (Å²) in [5.74, 6) is -0.256. The maximum absolute atomic E-state index is 12.7. The summed E-state index contributed by atoms with van der Waals surface area (Å²) in [6, 6.07) is 9.58. The van der Waals surface area contributed by atoms with Gasteiger partial charge < -0.3 is 5.73 Å². The average molecular weight is 247 g/mol. The van der Waals surface area contributed by atoms with Crippen LogP contribution in [0, 0.1) is 11.2 Å². The molecule has 0 bridgehead atoms. The normalized spacial score (nSPS) is 10.2. The molecule has 0 radical (unpaired) electrons. The summed E-state index contributed by atoms with van der Waals surface area (Å²) in [7, 11) is 0. The monoisotopic (exact) mass is 247 g/mol. The summed E-state index contributed by atoms with van der Waals surface area (Å²) >= 11 is 1.40. The van der Waals surface area contributed by atoms with Gasteiger partial charge in [0.2, 0.25) is 0 Å². The van der Waals surface area contributed by atoms with Gasteiger partial charge in [0.15, 0.2) is 0 Å². The molecule has 0 aliphatic carbocycles. The Morgan fingerprint density at radius 3 is 2.59 bits per heavy atom. The topological polar surface area (TPSA) is 62.8 Å². The van der Waals surface area contributed by atoms with Crippen molar-refractivity contribution in [3.05, 3.63) is 54.0 Å². The predicted molar refractivity (Wildman–Crippen MR) is 65.8 cm³/mol. The van der Waals surface area contributed by atoms with Crippen LogP contribution in [0.15, 0.2) is 52.5 Å². The van der Waals surface area contributed by atoms with Crippen molar-refractivity contribution in [1.82, 2.24) is 4.98 Å². The molecule has 0 fully saturated rings. The minimum absolute atomic E-state index is 0.00774. The molecule has 0 amide bonds. The number of nitrogens with two attached hydrogens (primary N) is 1. The Kier molecular flexibility index (Phi) is 3.39. The molecule has 0 aliphatic rings. The van der Waals surface area contributed by atoms with Gasteiger partial charge in [-0.1, -0.05) is 11.8 Å².